The van der Waals surface area contributed by atoms with Crippen LogP contribution in [0, 0.1) is 5.41 Å². The number of fused-ring (bicyclic) bond motifs is 1. The van der Waals surface area contributed by atoms with Gasteiger partial charge in [0.05, 0.1) is 20.8 Å². The van der Waals surface area contributed by atoms with Crippen LogP contribution in [0.15, 0.2) is 36.4 Å². The average Bonchev–Trinajstić information content (AvgIpc) is 2.97. The first kappa shape index (κ1) is 29.9. The number of rotatable bonds is 9. The summed E-state index contributed by atoms with van der Waals surface area (Å²) >= 11 is 6.37. The van der Waals surface area contributed by atoms with Crippen LogP contribution in [0.1, 0.15) is 38.0 Å². The number of carbonyl (C=O) groups excluding carboxylic acids is 3. The molecule has 0 spiro atoms. The standard InChI is InChI=1S/C26H29ClN2O9S/c1-14(30)37-13-26(2,3)12-29-18-10-9-15(27)11-17(18)20(16-7-6-8-19(35-4)21(16)36-5)38-22(25(29)32)23(24(28)31)39(33)34/h6-11,20,22H,12-13H2,1-5H3,(H2,28,31). The zero-order chi connectivity index (χ0) is 29.1. The number of esters is 1. The quantitative estimate of drug-likeness (QED) is 0.348. The molecule has 11 nitrogen and oxygen atoms in total. The number of nitrogens with two attached hydrogens (primary N) is 1. The molecule has 3 rings (SSSR count). The van der Waals surface area contributed by atoms with E-state index in [1.165, 1.54) is 26.0 Å². The van der Waals surface area contributed by atoms with Gasteiger partial charge < -0.3 is 29.6 Å². The predicted molar refractivity (Wildman–Crippen MR) is 144 cm³/mol. The molecule has 2 N–H and O–H groups in total. The van der Waals surface area contributed by atoms with Gasteiger partial charge in [-0.1, -0.05) is 37.6 Å². The van der Waals surface area contributed by atoms with Crippen LogP contribution >= 0.6 is 11.6 Å². The Bertz CT molecular complexity index is 1430. The molecule has 1 aliphatic heterocycles. The van der Waals surface area contributed by atoms with Crippen molar-refractivity contribution in [3.63, 3.8) is 0 Å². The monoisotopic (exact) mass is 580 g/mol. The van der Waals surface area contributed by atoms with Crippen LogP contribution in [0.5, 0.6) is 11.5 Å². The van der Waals surface area contributed by atoms with E-state index in [4.69, 9.17) is 36.3 Å². The molecule has 2 atom stereocenters. The molecule has 0 aromatic heterocycles. The molecule has 2 unspecified atom stereocenters. The van der Waals surface area contributed by atoms with E-state index in [0.717, 1.165) is 0 Å². The van der Waals surface area contributed by atoms with E-state index in [1.807, 2.05) is 0 Å². The number of methoxy groups -OCH3 is 2. The fraction of sp³-hybridized carbons (Fsp3) is 0.385. The van der Waals surface area contributed by atoms with Crippen molar-refractivity contribution in [1.29, 1.82) is 0 Å². The topological polar surface area (TPSA) is 152 Å². The van der Waals surface area contributed by atoms with Gasteiger partial charge in [0, 0.05) is 40.7 Å². The van der Waals surface area contributed by atoms with Gasteiger partial charge in [-0.05, 0) is 24.3 Å². The van der Waals surface area contributed by atoms with Crippen LogP contribution < -0.4 is 20.1 Å². The minimum Gasteiger partial charge on any atom is -0.493 e. The molecule has 2 aromatic rings. The summed E-state index contributed by atoms with van der Waals surface area (Å²) in [4.78, 5) is 38.1. The summed E-state index contributed by atoms with van der Waals surface area (Å²) in [6, 6.07) is 9.68. The van der Waals surface area contributed by atoms with Crippen molar-refractivity contribution in [1.82, 2.24) is 0 Å². The molecular formula is C26H29ClN2O9S. The lowest BCUT2D eigenvalue weighted by atomic mass is 9.92. The molecule has 2 aromatic carbocycles. The van der Waals surface area contributed by atoms with Crippen molar-refractivity contribution in [3.8, 4) is 11.5 Å². The average molecular weight is 581 g/mol. The second kappa shape index (κ2) is 12.1. The van der Waals surface area contributed by atoms with Crippen molar-refractivity contribution >= 4 is 50.2 Å². The molecule has 0 saturated heterocycles. The van der Waals surface area contributed by atoms with Gasteiger partial charge in [0.1, 0.15) is 6.10 Å². The second-order valence-corrected chi connectivity index (χ2v) is 10.9. The highest BCUT2D eigenvalue weighted by molar-refractivity contribution is 7.75. The van der Waals surface area contributed by atoms with Gasteiger partial charge in [-0.25, -0.2) is 0 Å². The Morgan fingerprint density at radius 3 is 2.38 bits per heavy atom. The van der Waals surface area contributed by atoms with E-state index in [9.17, 15) is 22.8 Å². The van der Waals surface area contributed by atoms with E-state index in [0.29, 0.717) is 27.6 Å². The lowest BCUT2D eigenvalue weighted by molar-refractivity contribution is -0.143. The Kier molecular flexibility index (Phi) is 9.26. The molecule has 0 bridgehead atoms. The molecule has 0 saturated carbocycles. The number of carbonyl (C=O) groups is 3. The third-order valence-corrected chi connectivity index (χ3v) is 6.96. The van der Waals surface area contributed by atoms with Gasteiger partial charge in [-0.2, -0.15) is 8.42 Å². The maximum atomic E-state index is 14.0. The maximum absolute atomic E-state index is 14.0. The first-order valence-electron chi connectivity index (χ1n) is 11.7. The smallest absolute Gasteiger partial charge is 0.302 e. The Morgan fingerprint density at radius 2 is 1.82 bits per heavy atom. The van der Waals surface area contributed by atoms with Crippen molar-refractivity contribution in [2.24, 2.45) is 11.1 Å². The van der Waals surface area contributed by atoms with Gasteiger partial charge in [0.2, 0.25) is 10.3 Å². The lowest BCUT2D eigenvalue weighted by Crippen LogP contribution is -2.50. The highest BCUT2D eigenvalue weighted by atomic mass is 35.5. The fourth-order valence-corrected chi connectivity index (χ4v) is 4.95. The SMILES string of the molecule is COc1cccc(C2OC(C(C(N)=O)=S(=O)=O)C(=O)N(CC(C)(C)COC(C)=O)c3ccc(Cl)cc32)c1OC. The molecule has 13 heteroatoms. The molecule has 39 heavy (non-hydrogen) atoms. The van der Waals surface area contributed by atoms with Crippen LogP contribution in [0.3, 0.4) is 0 Å². The number of halogens is 1. The number of hydrogen-bond donors (Lipinski definition) is 1. The van der Waals surface area contributed by atoms with Crippen LogP contribution in [-0.4, -0.2) is 64.5 Å². The Balaban J connectivity index is 2.34. The Morgan fingerprint density at radius 1 is 1.13 bits per heavy atom. The molecule has 1 aliphatic rings. The molecule has 1 heterocycles. The fourth-order valence-electron chi connectivity index (χ4n) is 4.27. The van der Waals surface area contributed by atoms with E-state index < -0.39 is 50.6 Å². The zero-order valence-electron chi connectivity index (χ0n) is 22.0. The molecule has 0 aliphatic carbocycles. The number of primary amides is 1. The summed E-state index contributed by atoms with van der Waals surface area (Å²) < 4.78 is 46.6. The highest BCUT2D eigenvalue weighted by Crippen LogP contribution is 2.45. The number of benzene rings is 2. The second-order valence-electron chi connectivity index (χ2n) is 9.51. The molecule has 0 radical (unpaired) electrons. The van der Waals surface area contributed by atoms with Gasteiger partial charge in [-0.15, -0.1) is 0 Å². The Labute approximate surface area is 232 Å². The van der Waals surface area contributed by atoms with Crippen molar-refractivity contribution in [2.75, 3.05) is 32.3 Å². The van der Waals surface area contributed by atoms with Crippen LogP contribution in [0.4, 0.5) is 5.69 Å². The molecule has 210 valence electrons. The molecule has 2 amide bonds. The number of para-hydroxylation sites is 1. The van der Waals surface area contributed by atoms with Crippen LogP contribution in [0.25, 0.3) is 0 Å². The number of ether oxygens (including phenoxy) is 4. The predicted octanol–water partition coefficient (Wildman–Crippen LogP) is 2.30. The number of hydrogen-bond acceptors (Lipinski definition) is 9. The summed E-state index contributed by atoms with van der Waals surface area (Å²) in [5.74, 6) is -2.11. The zero-order valence-corrected chi connectivity index (χ0v) is 23.6. The van der Waals surface area contributed by atoms with E-state index in [1.54, 1.807) is 50.2 Å². The number of anilines is 1. The normalized spacial score (nSPS) is 17.1. The first-order valence-corrected chi connectivity index (χ1v) is 13.1. The third kappa shape index (κ3) is 6.52. The first-order chi connectivity index (χ1) is 18.3. The van der Waals surface area contributed by atoms with Crippen molar-refractivity contribution in [3.05, 3.63) is 52.5 Å². The lowest BCUT2D eigenvalue weighted by Gasteiger charge is -2.33. The minimum absolute atomic E-state index is 0.0480. The van der Waals surface area contributed by atoms with Crippen molar-refractivity contribution < 1.29 is 41.7 Å². The number of amides is 2. The highest BCUT2D eigenvalue weighted by Gasteiger charge is 2.44. The van der Waals surface area contributed by atoms with Gasteiger partial charge in [-0.3, -0.25) is 14.4 Å². The van der Waals surface area contributed by atoms with E-state index in [2.05, 4.69) is 0 Å². The molecule has 0 fully saturated rings. The number of nitrogens with zero attached hydrogens (tertiary/aromatic N) is 1. The van der Waals surface area contributed by atoms with Crippen molar-refractivity contribution in [2.45, 2.75) is 33.0 Å². The van der Waals surface area contributed by atoms with Gasteiger partial charge >= 0.3 is 5.97 Å². The third-order valence-electron chi connectivity index (χ3n) is 5.95. The summed E-state index contributed by atoms with van der Waals surface area (Å²) in [6.07, 6.45) is -3.07. The van der Waals surface area contributed by atoms with Gasteiger partial charge in [0.15, 0.2) is 22.5 Å². The summed E-state index contributed by atoms with van der Waals surface area (Å²) in [5.41, 5.74) is 5.69. The maximum Gasteiger partial charge on any atom is 0.302 e. The van der Waals surface area contributed by atoms with E-state index >= 15 is 0 Å². The minimum atomic E-state index is -3.19. The van der Waals surface area contributed by atoms with Gasteiger partial charge in [0.25, 0.3) is 11.8 Å². The summed E-state index contributed by atoms with van der Waals surface area (Å²) in [6.45, 7) is 4.68. The largest absolute Gasteiger partial charge is 0.493 e. The van der Waals surface area contributed by atoms with Crippen LogP contribution in [0.2, 0.25) is 5.02 Å². The summed E-state index contributed by atoms with van der Waals surface area (Å²) in [7, 11) is -0.336. The molecular weight excluding hydrogens is 552 g/mol. The summed E-state index contributed by atoms with van der Waals surface area (Å²) in [5, 5.41) is 0.306. The van der Waals surface area contributed by atoms with E-state index in [-0.39, 0.29) is 18.9 Å². The Hall–Kier alpha value is -3.61. The van der Waals surface area contributed by atoms with Crippen LogP contribution in [-0.2, 0) is 34.2 Å².